The van der Waals surface area contributed by atoms with Crippen molar-refractivity contribution < 1.29 is 0 Å². The molecule has 0 saturated carbocycles. The van der Waals surface area contributed by atoms with Crippen molar-refractivity contribution in [3.05, 3.63) is 0 Å². The Bertz CT molecular complexity index is 217. The molecule has 1 N–H and O–H groups in total. The first kappa shape index (κ1) is 13.4. The molecule has 0 aliphatic carbocycles. The van der Waals surface area contributed by atoms with Gasteiger partial charge in [-0.25, -0.2) is 0 Å². The fourth-order valence-corrected chi connectivity index (χ4v) is 3.66. The Morgan fingerprint density at radius 2 is 1.88 bits per heavy atom. The smallest absolute Gasteiger partial charge is 0.00728 e. The van der Waals surface area contributed by atoms with Gasteiger partial charge in [-0.05, 0) is 65.0 Å². The van der Waals surface area contributed by atoms with Crippen molar-refractivity contribution in [1.29, 1.82) is 0 Å². The molecule has 0 aromatic heterocycles. The summed E-state index contributed by atoms with van der Waals surface area (Å²) < 4.78 is 0. The summed E-state index contributed by atoms with van der Waals surface area (Å²) in [5, 5.41) is 3.74. The first-order valence-electron chi connectivity index (χ1n) is 7.65. The van der Waals surface area contributed by atoms with E-state index in [-0.39, 0.29) is 0 Å². The number of rotatable bonds is 6. The van der Waals surface area contributed by atoms with Gasteiger partial charge in [0, 0.05) is 18.1 Å². The first-order chi connectivity index (χ1) is 8.19. The van der Waals surface area contributed by atoms with Gasteiger partial charge in [0.2, 0.25) is 0 Å². The summed E-state index contributed by atoms with van der Waals surface area (Å²) in [6.45, 7) is 5.95. The topological polar surface area (TPSA) is 15.3 Å². The van der Waals surface area contributed by atoms with Crippen LogP contribution in [0.5, 0.6) is 0 Å². The average molecular weight is 238 g/mol. The van der Waals surface area contributed by atoms with Crippen LogP contribution in [0.2, 0.25) is 0 Å². The average Bonchev–Trinajstić information content (AvgIpc) is 2.66. The molecule has 2 rings (SSSR count). The third kappa shape index (κ3) is 3.69. The van der Waals surface area contributed by atoms with Gasteiger partial charge in [0.25, 0.3) is 0 Å². The summed E-state index contributed by atoms with van der Waals surface area (Å²) in [4.78, 5) is 2.56. The van der Waals surface area contributed by atoms with E-state index in [1.54, 1.807) is 0 Å². The van der Waals surface area contributed by atoms with Gasteiger partial charge < -0.3 is 10.2 Å². The van der Waals surface area contributed by atoms with Gasteiger partial charge in [-0.3, -0.25) is 0 Å². The molecule has 3 atom stereocenters. The lowest BCUT2D eigenvalue weighted by Gasteiger charge is -2.31. The van der Waals surface area contributed by atoms with Crippen molar-refractivity contribution in [3.63, 3.8) is 0 Å². The largest absolute Gasteiger partial charge is 0.311 e. The molecule has 0 spiro atoms. The monoisotopic (exact) mass is 238 g/mol. The normalized spacial score (nSPS) is 34.2. The molecule has 17 heavy (non-hydrogen) atoms. The zero-order chi connectivity index (χ0) is 12.3. The van der Waals surface area contributed by atoms with Crippen LogP contribution in [-0.2, 0) is 0 Å². The zero-order valence-electron chi connectivity index (χ0n) is 11.9. The number of nitrogens with zero attached hydrogens (tertiary/aromatic N) is 1. The van der Waals surface area contributed by atoms with E-state index in [0.717, 1.165) is 24.0 Å². The maximum Gasteiger partial charge on any atom is 0.00728 e. The summed E-state index contributed by atoms with van der Waals surface area (Å²) in [5.41, 5.74) is 0. The maximum atomic E-state index is 3.74. The van der Waals surface area contributed by atoms with E-state index in [1.165, 1.54) is 51.5 Å². The molecular formula is C15H30N2. The van der Waals surface area contributed by atoms with Crippen LogP contribution in [0, 0.1) is 5.92 Å². The third-order valence-corrected chi connectivity index (χ3v) is 4.92. The zero-order valence-corrected chi connectivity index (χ0v) is 11.9. The fraction of sp³-hybridized carbons (Fsp3) is 1.00. The predicted octanol–water partition coefficient (Wildman–Crippen LogP) is 3.03. The van der Waals surface area contributed by atoms with Crippen molar-refractivity contribution >= 4 is 0 Å². The predicted molar refractivity (Wildman–Crippen MR) is 74.3 cm³/mol. The lowest BCUT2D eigenvalue weighted by molar-refractivity contribution is 0.203. The maximum absolute atomic E-state index is 3.74. The van der Waals surface area contributed by atoms with Gasteiger partial charge in [0.05, 0.1) is 0 Å². The van der Waals surface area contributed by atoms with Crippen LogP contribution in [0.4, 0.5) is 0 Å². The number of nitrogens with one attached hydrogen (secondary N) is 1. The highest BCUT2D eigenvalue weighted by Crippen LogP contribution is 2.32. The summed E-state index contributed by atoms with van der Waals surface area (Å²) in [5.74, 6) is 0.991. The molecule has 0 aromatic carbocycles. The number of piperidine rings is 1. The van der Waals surface area contributed by atoms with Gasteiger partial charge in [0.15, 0.2) is 0 Å². The highest BCUT2D eigenvalue weighted by Gasteiger charge is 2.33. The van der Waals surface area contributed by atoms with E-state index in [2.05, 4.69) is 31.1 Å². The molecule has 2 nitrogen and oxygen atoms in total. The van der Waals surface area contributed by atoms with Gasteiger partial charge in [-0.1, -0.05) is 13.3 Å². The molecule has 100 valence electrons. The van der Waals surface area contributed by atoms with Crippen molar-refractivity contribution in [3.8, 4) is 0 Å². The second-order valence-corrected chi connectivity index (χ2v) is 6.38. The van der Waals surface area contributed by atoms with Crippen LogP contribution in [0.25, 0.3) is 0 Å². The minimum atomic E-state index is 0.762. The van der Waals surface area contributed by atoms with E-state index in [9.17, 15) is 0 Å². The first-order valence-corrected chi connectivity index (χ1v) is 7.65. The van der Waals surface area contributed by atoms with Crippen LogP contribution < -0.4 is 5.32 Å². The molecule has 2 saturated heterocycles. The Morgan fingerprint density at radius 3 is 2.47 bits per heavy atom. The summed E-state index contributed by atoms with van der Waals surface area (Å²) in [7, 11) is 2.30. The molecule has 2 fully saturated rings. The lowest BCUT2D eigenvalue weighted by atomic mass is 9.89. The summed E-state index contributed by atoms with van der Waals surface area (Å²) >= 11 is 0. The molecule has 0 amide bonds. The Kier molecular flexibility index (Phi) is 4.87. The van der Waals surface area contributed by atoms with Gasteiger partial charge in [-0.15, -0.1) is 0 Å². The molecule has 2 aliphatic heterocycles. The van der Waals surface area contributed by atoms with Crippen molar-refractivity contribution in [1.82, 2.24) is 10.2 Å². The highest BCUT2D eigenvalue weighted by molar-refractivity contribution is 4.92. The van der Waals surface area contributed by atoms with Crippen molar-refractivity contribution in [2.75, 3.05) is 13.6 Å². The van der Waals surface area contributed by atoms with E-state index >= 15 is 0 Å². The lowest BCUT2D eigenvalue weighted by Crippen LogP contribution is -2.39. The van der Waals surface area contributed by atoms with Crippen LogP contribution in [0.3, 0.4) is 0 Å². The van der Waals surface area contributed by atoms with Crippen LogP contribution >= 0.6 is 0 Å². The standard InChI is InChI=1S/C15H30N2/c1-4-5-12(2)17(3)9-8-13-10-14-6-7-15(11-13)16-14/h12-16H,4-11H2,1-3H3. The number of fused-ring (bicyclic) bond motifs is 2. The van der Waals surface area contributed by atoms with E-state index in [4.69, 9.17) is 0 Å². The second kappa shape index (κ2) is 6.19. The van der Waals surface area contributed by atoms with Gasteiger partial charge >= 0.3 is 0 Å². The Hall–Kier alpha value is -0.0800. The van der Waals surface area contributed by atoms with E-state index in [0.29, 0.717) is 0 Å². The quantitative estimate of drug-likeness (QED) is 0.765. The Balaban J connectivity index is 1.67. The fourth-order valence-electron chi connectivity index (χ4n) is 3.66. The van der Waals surface area contributed by atoms with Crippen LogP contribution in [0.15, 0.2) is 0 Å². The SMILES string of the molecule is CCCC(C)N(C)CCC1CC2CCC(C1)N2. The molecule has 0 radical (unpaired) electrons. The molecule has 3 unspecified atom stereocenters. The summed E-state index contributed by atoms with van der Waals surface area (Å²) in [6, 6.07) is 2.48. The van der Waals surface area contributed by atoms with Gasteiger partial charge in [-0.2, -0.15) is 0 Å². The highest BCUT2D eigenvalue weighted by atomic mass is 15.1. The Labute approximate surface area is 107 Å². The molecule has 0 aromatic rings. The van der Waals surface area contributed by atoms with E-state index in [1.807, 2.05) is 0 Å². The minimum Gasteiger partial charge on any atom is -0.311 e. The minimum absolute atomic E-state index is 0.762. The molecule has 2 heteroatoms. The van der Waals surface area contributed by atoms with Crippen LogP contribution in [-0.4, -0.2) is 36.6 Å². The third-order valence-electron chi connectivity index (χ3n) is 4.92. The molecule has 2 bridgehead atoms. The van der Waals surface area contributed by atoms with Crippen molar-refractivity contribution in [2.24, 2.45) is 5.92 Å². The van der Waals surface area contributed by atoms with Gasteiger partial charge in [0.1, 0.15) is 0 Å². The number of hydrogen-bond donors (Lipinski definition) is 1. The molecule has 2 aliphatic rings. The Morgan fingerprint density at radius 1 is 1.24 bits per heavy atom. The second-order valence-electron chi connectivity index (χ2n) is 6.38. The van der Waals surface area contributed by atoms with Crippen LogP contribution in [0.1, 0.15) is 58.8 Å². The van der Waals surface area contributed by atoms with E-state index < -0.39 is 0 Å². The van der Waals surface area contributed by atoms with Crippen molar-refractivity contribution in [2.45, 2.75) is 76.9 Å². The molecular weight excluding hydrogens is 208 g/mol. The number of hydrogen-bond acceptors (Lipinski definition) is 2. The molecule has 2 heterocycles. The summed E-state index contributed by atoms with van der Waals surface area (Å²) in [6.07, 6.45) is 9.81.